The molecule has 0 unspecified atom stereocenters. The van der Waals surface area contributed by atoms with E-state index < -0.39 is 21.0 Å². The van der Waals surface area contributed by atoms with Crippen molar-refractivity contribution in [2.45, 2.75) is 38.4 Å². The van der Waals surface area contributed by atoms with Gasteiger partial charge in [0.2, 0.25) is 5.91 Å². The largest absolute Gasteiger partial charge is 0.301 e. The molecule has 0 bridgehead atoms. The van der Waals surface area contributed by atoms with E-state index >= 15 is 0 Å². The van der Waals surface area contributed by atoms with Crippen LogP contribution in [0.5, 0.6) is 0 Å². The van der Waals surface area contributed by atoms with Gasteiger partial charge in [-0.05, 0) is 25.3 Å². The van der Waals surface area contributed by atoms with Crippen molar-refractivity contribution in [3.8, 4) is 11.3 Å². The van der Waals surface area contributed by atoms with Gasteiger partial charge in [0.1, 0.15) is 5.25 Å². The number of benzene rings is 1. The Balaban J connectivity index is 2.06. The quantitative estimate of drug-likeness (QED) is 0.813. The summed E-state index contributed by atoms with van der Waals surface area (Å²) in [5.74, 6) is -0.562. The molecule has 0 aliphatic heterocycles. The molecule has 0 radical (unpaired) electrons. The maximum absolute atomic E-state index is 11.9. The van der Waals surface area contributed by atoms with Gasteiger partial charge in [0.05, 0.1) is 5.69 Å². The number of aryl methyl sites for hydroxylation is 1. The number of aromatic nitrogens is 1. The molecule has 1 heterocycles. The van der Waals surface area contributed by atoms with Crippen LogP contribution in [0.1, 0.15) is 32.3 Å². The van der Waals surface area contributed by atoms with Crippen molar-refractivity contribution in [1.82, 2.24) is 4.98 Å². The first-order valence-electron chi connectivity index (χ1n) is 7.86. The van der Waals surface area contributed by atoms with Gasteiger partial charge in [-0.1, -0.05) is 37.6 Å². The van der Waals surface area contributed by atoms with Crippen LogP contribution in [0, 0.1) is 0 Å². The number of anilines is 1. The van der Waals surface area contributed by atoms with E-state index in [9.17, 15) is 13.2 Å². The van der Waals surface area contributed by atoms with Gasteiger partial charge in [0.15, 0.2) is 15.0 Å². The molecule has 0 spiro atoms. The number of hydrogen-bond acceptors (Lipinski definition) is 5. The van der Waals surface area contributed by atoms with Gasteiger partial charge >= 0.3 is 0 Å². The van der Waals surface area contributed by atoms with Gasteiger partial charge in [-0.25, -0.2) is 13.4 Å². The summed E-state index contributed by atoms with van der Waals surface area (Å²) in [7, 11) is -3.42. The maximum Gasteiger partial charge on any atom is 0.244 e. The van der Waals surface area contributed by atoms with Gasteiger partial charge in [-0.15, -0.1) is 11.3 Å². The molecule has 0 fully saturated rings. The molecule has 0 aliphatic rings. The van der Waals surface area contributed by atoms with E-state index in [1.165, 1.54) is 36.7 Å². The highest BCUT2D eigenvalue weighted by Gasteiger charge is 2.24. The number of thiazole rings is 1. The highest BCUT2D eigenvalue weighted by atomic mass is 32.2. The lowest BCUT2D eigenvalue weighted by molar-refractivity contribution is -0.115. The summed E-state index contributed by atoms with van der Waals surface area (Å²) < 4.78 is 22.8. The fourth-order valence-electron chi connectivity index (χ4n) is 2.09. The minimum Gasteiger partial charge on any atom is -0.301 e. The zero-order valence-electron chi connectivity index (χ0n) is 14.1. The third-order valence-corrected chi connectivity index (χ3v) is 6.07. The highest BCUT2D eigenvalue weighted by molar-refractivity contribution is 7.92. The standard InChI is InChI=1S/C17H22N2O3S2/c1-4-5-6-13-7-9-14(10-8-13)15-11-23-17(18-15)19-16(20)12(2)24(3,21)22/h7-12H,4-6H2,1-3H3,(H,18,19,20)/t12-/m0/s1. The summed E-state index contributed by atoms with van der Waals surface area (Å²) in [4.78, 5) is 16.3. The summed E-state index contributed by atoms with van der Waals surface area (Å²) >= 11 is 1.28. The predicted molar refractivity (Wildman–Crippen MR) is 99.1 cm³/mol. The van der Waals surface area contributed by atoms with E-state index in [1.54, 1.807) is 0 Å². The van der Waals surface area contributed by atoms with Gasteiger partial charge < -0.3 is 5.32 Å². The van der Waals surface area contributed by atoms with Crippen molar-refractivity contribution in [2.24, 2.45) is 0 Å². The van der Waals surface area contributed by atoms with Crippen LogP contribution in [0.25, 0.3) is 11.3 Å². The van der Waals surface area contributed by atoms with Crippen molar-refractivity contribution in [3.05, 3.63) is 35.2 Å². The average molecular weight is 367 g/mol. The third-order valence-electron chi connectivity index (χ3n) is 3.81. The number of rotatable bonds is 7. The molecule has 5 nitrogen and oxygen atoms in total. The summed E-state index contributed by atoms with van der Waals surface area (Å²) in [6.45, 7) is 3.54. The first-order chi connectivity index (χ1) is 11.3. The summed E-state index contributed by atoms with van der Waals surface area (Å²) in [5, 5.41) is 3.72. The molecule has 7 heteroatoms. The molecule has 1 aromatic carbocycles. The van der Waals surface area contributed by atoms with E-state index in [0.29, 0.717) is 5.13 Å². The number of carbonyl (C=O) groups excluding carboxylic acids is 1. The Morgan fingerprint density at radius 3 is 2.54 bits per heavy atom. The average Bonchev–Trinajstić information content (AvgIpc) is 3.00. The topological polar surface area (TPSA) is 76.1 Å². The minimum atomic E-state index is -3.42. The Morgan fingerprint density at radius 1 is 1.29 bits per heavy atom. The molecule has 1 N–H and O–H groups in total. The highest BCUT2D eigenvalue weighted by Crippen LogP contribution is 2.25. The normalized spacial score (nSPS) is 12.8. The lowest BCUT2D eigenvalue weighted by Gasteiger charge is -2.07. The smallest absolute Gasteiger partial charge is 0.244 e. The van der Waals surface area contributed by atoms with Crippen LogP contribution < -0.4 is 5.32 Å². The molecule has 24 heavy (non-hydrogen) atoms. The number of unbranched alkanes of at least 4 members (excludes halogenated alkanes) is 1. The second kappa shape index (κ2) is 7.90. The van der Waals surface area contributed by atoms with Crippen LogP contribution in [0.3, 0.4) is 0 Å². The van der Waals surface area contributed by atoms with Crippen LogP contribution in [0.4, 0.5) is 5.13 Å². The maximum atomic E-state index is 11.9. The van der Waals surface area contributed by atoms with Crippen molar-refractivity contribution >= 4 is 32.2 Å². The molecule has 2 rings (SSSR count). The second-order valence-corrected chi connectivity index (χ2v) is 9.02. The predicted octanol–water partition coefficient (Wildman–Crippen LogP) is 3.52. The van der Waals surface area contributed by atoms with Crippen LogP contribution in [-0.4, -0.2) is 30.8 Å². The van der Waals surface area contributed by atoms with Crippen molar-refractivity contribution in [2.75, 3.05) is 11.6 Å². The molecule has 1 atom stereocenters. The molecule has 0 saturated heterocycles. The van der Waals surface area contributed by atoms with Gasteiger partial charge in [-0.2, -0.15) is 0 Å². The summed E-state index contributed by atoms with van der Waals surface area (Å²) in [6.07, 6.45) is 4.46. The van der Waals surface area contributed by atoms with Crippen LogP contribution in [-0.2, 0) is 21.1 Å². The number of amides is 1. The van der Waals surface area contributed by atoms with Gasteiger partial charge in [0, 0.05) is 17.2 Å². The Labute approximate surface area is 147 Å². The van der Waals surface area contributed by atoms with E-state index in [-0.39, 0.29) is 0 Å². The number of nitrogens with zero attached hydrogens (tertiary/aromatic N) is 1. The van der Waals surface area contributed by atoms with Crippen molar-refractivity contribution in [1.29, 1.82) is 0 Å². The Hall–Kier alpha value is -1.73. The van der Waals surface area contributed by atoms with Gasteiger partial charge in [0.25, 0.3) is 0 Å². The number of nitrogens with one attached hydrogen (secondary N) is 1. The second-order valence-electron chi connectivity index (χ2n) is 5.80. The molecular weight excluding hydrogens is 344 g/mol. The van der Waals surface area contributed by atoms with Crippen molar-refractivity contribution < 1.29 is 13.2 Å². The first kappa shape index (κ1) is 18.6. The van der Waals surface area contributed by atoms with Crippen LogP contribution in [0.2, 0.25) is 0 Å². The number of carbonyl (C=O) groups is 1. The summed E-state index contributed by atoms with van der Waals surface area (Å²) in [5.41, 5.74) is 3.04. The molecule has 1 aromatic heterocycles. The molecule has 2 aromatic rings. The van der Waals surface area contributed by atoms with Crippen LogP contribution >= 0.6 is 11.3 Å². The number of sulfone groups is 1. The zero-order valence-corrected chi connectivity index (χ0v) is 15.7. The van der Waals surface area contributed by atoms with E-state index in [0.717, 1.165) is 23.9 Å². The lowest BCUT2D eigenvalue weighted by Crippen LogP contribution is -2.31. The summed E-state index contributed by atoms with van der Waals surface area (Å²) in [6, 6.07) is 8.22. The SMILES string of the molecule is CCCCc1ccc(-c2csc(NC(=O)[C@H](C)S(C)(=O)=O)n2)cc1. The van der Waals surface area contributed by atoms with E-state index in [2.05, 4.69) is 29.4 Å². The molecule has 0 aliphatic carbocycles. The Morgan fingerprint density at radius 2 is 1.96 bits per heavy atom. The van der Waals surface area contributed by atoms with Crippen molar-refractivity contribution in [3.63, 3.8) is 0 Å². The van der Waals surface area contributed by atoms with E-state index in [1.807, 2.05) is 17.5 Å². The molecule has 0 saturated carbocycles. The number of hydrogen-bond donors (Lipinski definition) is 1. The fourth-order valence-corrected chi connectivity index (χ4v) is 3.26. The van der Waals surface area contributed by atoms with E-state index in [4.69, 9.17) is 0 Å². The third kappa shape index (κ3) is 4.88. The van der Waals surface area contributed by atoms with Gasteiger partial charge in [-0.3, -0.25) is 4.79 Å². The molecule has 130 valence electrons. The zero-order chi connectivity index (χ0) is 17.7. The minimum absolute atomic E-state index is 0.403. The Kier molecular flexibility index (Phi) is 6.12. The van der Waals surface area contributed by atoms with Crippen LogP contribution in [0.15, 0.2) is 29.6 Å². The molecular formula is C17H22N2O3S2. The Bertz CT molecular complexity index is 795. The fraction of sp³-hybridized carbons (Fsp3) is 0.412. The monoisotopic (exact) mass is 366 g/mol. The lowest BCUT2D eigenvalue weighted by atomic mass is 10.1. The first-order valence-corrected chi connectivity index (χ1v) is 10.7. The molecule has 1 amide bonds.